The van der Waals surface area contributed by atoms with Crippen LogP contribution < -0.4 is 5.32 Å². The average molecular weight is 342 g/mol. The molecule has 1 fully saturated rings. The van der Waals surface area contributed by atoms with Gasteiger partial charge in [-0.25, -0.2) is 9.78 Å². The van der Waals surface area contributed by atoms with Gasteiger partial charge in [-0.2, -0.15) is 0 Å². The van der Waals surface area contributed by atoms with Crippen molar-refractivity contribution in [1.29, 1.82) is 0 Å². The molecular weight excluding hydrogens is 312 g/mol. The zero-order valence-corrected chi connectivity index (χ0v) is 15.9. The summed E-state index contributed by atoms with van der Waals surface area (Å²) in [7, 11) is 2.18. The number of aryl methyl sites for hydroxylation is 1. The summed E-state index contributed by atoms with van der Waals surface area (Å²) in [4.78, 5) is 19.5. The Hall–Kier alpha value is -1.88. The lowest BCUT2D eigenvalue weighted by Crippen LogP contribution is -2.30. The third-order valence-corrected chi connectivity index (χ3v) is 5.20. The number of aromatic nitrogens is 2. The van der Waals surface area contributed by atoms with E-state index in [0.717, 1.165) is 43.4 Å². The Morgan fingerprint density at radius 1 is 1.32 bits per heavy atom. The van der Waals surface area contributed by atoms with Crippen molar-refractivity contribution in [2.45, 2.75) is 46.0 Å². The minimum atomic E-state index is -0.0805. The predicted octanol–water partition coefficient (Wildman–Crippen LogP) is 3.76. The minimum Gasteiger partial charge on any atom is -0.337 e. The molecule has 0 aliphatic carbocycles. The second-order valence-electron chi connectivity index (χ2n) is 7.83. The monoisotopic (exact) mass is 342 g/mol. The van der Waals surface area contributed by atoms with Gasteiger partial charge >= 0.3 is 6.03 Å². The standard InChI is InChI=1S/C20H30N4O/c1-14(2)5-8-21-20(25)24-13-22-19-17(11-15(3)12-18(19)24)16-6-9-23(4)10-7-16/h11-14,16H,5-10H2,1-4H3,(H,21,25). The summed E-state index contributed by atoms with van der Waals surface area (Å²) in [6, 6.07) is 4.25. The van der Waals surface area contributed by atoms with E-state index in [1.54, 1.807) is 10.9 Å². The first-order valence-electron chi connectivity index (χ1n) is 9.40. The van der Waals surface area contributed by atoms with Gasteiger partial charge in [-0.3, -0.25) is 4.57 Å². The number of nitrogens with one attached hydrogen (secondary N) is 1. The van der Waals surface area contributed by atoms with E-state index in [1.807, 2.05) is 0 Å². The minimum absolute atomic E-state index is 0.0805. The van der Waals surface area contributed by atoms with E-state index in [1.165, 1.54) is 11.1 Å². The molecule has 2 aromatic rings. The molecule has 1 saturated heterocycles. The molecule has 1 aromatic heterocycles. The molecule has 1 N–H and O–H groups in total. The third kappa shape index (κ3) is 4.03. The Balaban J connectivity index is 1.86. The maximum Gasteiger partial charge on any atom is 0.327 e. The normalized spacial score (nSPS) is 16.7. The maximum atomic E-state index is 12.5. The molecule has 0 saturated carbocycles. The van der Waals surface area contributed by atoms with Crippen LogP contribution in [-0.2, 0) is 0 Å². The highest BCUT2D eigenvalue weighted by Crippen LogP contribution is 2.33. The quantitative estimate of drug-likeness (QED) is 0.920. The number of carbonyl (C=O) groups is 1. The molecule has 1 aliphatic heterocycles. The molecule has 0 radical (unpaired) electrons. The fourth-order valence-corrected chi connectivity index (χ4v) is 3.63. The van der Waals surface area contributed by atoms with Crippen molar-refractivity contribution in [3.05, 3.63) is 29.6 Å². The molecule has 5 nitrogen and oxygen atoms in total. The molecule has 0 unspecified atom stereocenters. The van der Waals surface area contributed by atoms with Crippen molar-refractivity contribution in [3.63, 3.8) is 0 Å². The number of piperidine rings is 1. The van der Waals surface area contributed by atoms with Crippen LogP contribution >= 0.6 is 0 Å². The first-order valence-corrected chi connectivity index (χ1v) is 9.40. The van der Waals surface area contributed by atoms with Gasteiger partial charge in [-0.15, -0.1) is 0 Å². The summed E-state index contributed by atoms with van der Waals surface area (Å²) in [5, 5.41) is 3.01. The fraction of sp³-hybridized carbons (Fsp3) is 0.600. The molecule has 3 rings (SSSR count). The molecule has 25 heavy (non-hydrogen) atoms. The molecular formula is C20H30N4O. The van der Waals surface area contributed by atoms with Gasteiger partial charge in [0.2, 0.25) is 0 Å². The number of carbonyl (C=O) groups excluding carboxylic acids is 1. The van der Waals surface area contributed by atoms with Crippen LogP contribution in [0.3, 0.4) is 0 Å². The number of amides is 1. The van der Waals surface area contributed by atoms with E-state index in [2.05, 4.69) is 55.2 Å². The number of rotatable bonds is 4. The maximum absolute atomic E-state index is 12.5. The van der Waals surface area contributed by atoms with Gasteiger partial charge in [0.1, 0.15) is 6.33 Å². The number of likely N-dealkylation sites (tertiary alicyclic amines) is 1. The lowest BCUT2D eigenvalue weighted by Gasteiger charge is -2.29. The zero-order chi connectivity index (χ0) is 18.0. The lowest BCUT2D eigenvalue weighted by atomic mass is 9.88. The summed E-state index contributed by atoms with van der Waals surface area (Å²) < 4.78 is 1.67. The van der Waals surface area contributed by atoms with E-state index in [4.69, 9.17) is 0 Å². The van der Waals surface area contributed by atoms with Crippen LogP contribution in [-0.4, -0.2) is 47.2 Å². The van der Waals surface area contributed by atoms with Gasteiger partial charge < -0.3 is 10.2 Å². The summed E-state index contributed by atoms with van der Waals surface area (Å²) in [5.41, 5.74) is 4.41. The predicted molar refractivity (Wildman–Crippen MR) is 102 cm³/mol. The van der Waals surface area contributed by atoms with Crippen molar-refractivity contribution in [2.24, 2.45) is 5.92 Å². The van der Waals surface area contributed by atoms with E-state index in [-0.39, 0.29) is 6.03 Å². The molecule has 2 heterocycles. The van der Waals surface area contributed by atoms with Crippen molar-refractivity contribution in [3.8, 4) is 0 Å². The van der Waals surface area contributed by atoms with E-state index >= 15 is 0 Å². The Bertz CT molecular complexity index is 741. The average Bonchev–Trinajstić information content (AvgIpc) is 2.98. The van der Waals surface area contributed by atoms with Gasteiger partial charge in [0.05, 0.1) is 11.0 Å². The molecule has 0 atom stereocenters. The van der Waals surface area contributed by atoms with Gasteiger partial charge in [0.25, 0.3) is 0 Å². The second kappa shape index (κ2) is 7.56. The van der Waals surface area contributed by atoms with Crippen LogP contribution in [0.15, 0.2) is 18.5 Å². The molecule has 1 amide bonds. The molecule has 0 bridgehead atoms. The SMILES string of the molecule is Cc1cc(C2CCN(C)CC2)c2ncn(C(=O)NCCC(C)C)c2c1. The summed E-state index contributed by atoms with van der Waals surface area (Å²) >= 11 is 0. The van der Waals surface area contributed by atoms with Crippen LogP contribution in [0, 0.1) is 12.8 Å². The molecule has 136 valence electrons. The summed E-state index contributed by atoms with van der Waals surface area (Å²) in [6.07, 6.45) is 4.97. The van der Waals surface area contributed by atoms with Gasteiger partial charge in [0, 0.05) is 6.54 Å². The van der Waals surface area contributed by atoms with E-state index < -0.39 is 0 Å². The number of benzene rings is 1. The highest BCUT2D eigenvalue weighted by atomic mass is 16.2. The van der Waals surface area contributed by atoms with Crippen molar-refractivity contribution in [1.82, 2.24) is 19.8 Å². The van der Waals surface area contributed by atoms with Gasteiger partial charge in [0.15, 0.2) is 0 Å². The smallest absolute Gasteiger partial charge is 0.327 e. The van der Waals surface area contributed by atoms with Crippen LogP contribution in [0.25, 0.3) is 11.0 Å². The molecule has 1 aliphatic rings. The van der Waals surface area contributed by atoms with Crippen LogP contribution in [0.1, 0.15) is 50.2 Å². The number of hydrogen-bond acceptors (Lipinski definition) is 3. The molecule has 1 aromatic carbocycles. The Morgan fingerprint density at radius 2 is 2.04 bits per heavy atom. The highest BCUT2D eigenvalue weighted by Gasteiger charge is 2.23. The van der Waals surface area contributed by atoms with Gasteiger partial charge in [-0.05, 0) is 75.4 Å². The van der Waals surface area contributed by atoms with Crippen LogP contribution in [0.2, 0.25) is 0 Å². The van der Waals surface area contributed by atoms with Crippen molar-refractivity contribution < 1.29 is 4.79 Å². The van der Waals surface area contributed by atoms with Crippen molar-refractivity contribution >= 4 is 17.1 Å². The molecule has 0 spiro atoms. The van der Waals surface area contributed by atoms with Gasteiger partial charge in [-0.1, -0.05) is 19.9 Å². The highest BCUT2D eigenvalue weighted by molar-refractivity contribution is 5.91. The Labute approximate surface area is 150 Å². The Kier molecular flexibility index (Phi) is 5.42. The first kappa shape index (κ1) is 17.9. The first-order chi connectivity index (χ1) is 12.0. The van der Waals surface area contributed by atoms with Crippen molar-refractivity contribution in [2.75, 3.05) is 26.7 Å². The molecule has 5 heteroatoms. The third-order valence-electron chi connectivity index (χ3n) is 5.20. The van der Waals surface area contributed by atoms with Crippen LogP contribution in [0.5, 0.6) is 0 Å². The topological polar surface area (TPSA) is 50.2 Å². The fourth-order valence-electron chi connectivity index (χ4n) is 3.63. The lowest BCUT2D eigenvalue weighted by molar-refractivity contribution is 0.242. The largest absolute Gasteiger partial charge is 0.337 e. The van der Waals surface area contributed by atoms with Crippen LogP contribution in [0.4, 0.5) is 4.79 Å². The zero-order valence-electron chi connectivity index (χ0n) is 15.9. The van der Waals surface area contributed by atoms with E-state index in [0.29, 0.717) is 18.4 Å². The Morgan fingerprint density at radius 3 is 2.72 bits per heavy atom. The van der Waals surface area contributed by atoms with E-state index in [9.17, 15) is 4.79 Å². The summed E-state index contributed by atoms with van der Waals surface area (Å²) in [5.74, 6) is 1.11. The number of fused-ring (bicyclic) bond motifs is 1. The number of nitrogens with zero attached hydrogens (tertiary/aromatic N) is 3. The number of imidazole rings is 1. The second-order valence-corrected chi connectivity index (χ2v) is 7.83. The number of hydrogen-bond donors (Lipinski definition) is 1. The summed E-state index contributed by atoms with van der Waals surface area (Å²) in [6.45, 7) is 9.37.